The first-order chi connectivity index (χ1) is 14.6. The van der Waals surface area contributed by atoms with E-state index in [-0.39, 0.29) is 11.9 Å². The maximum absolute atomic E-state index is 13.1. The molecule has 1 aliphatic heterocycles. The molecule has 0 bridgehead atoms. The molecule has 3 heterocycles. The van der Waals surface area contributed by atoms with Crippen LogP contribution in [0.4, 0.5) is 16.1 Å². The SMILES string of the molecule is Nc1nc2cc(-c3nc4cc(/N=C\C5CC(F)C5)cc5c4n3CCCO5)ccc2o1. The fourth-order valence-corrected chi connectivity index (χ4v) is 4.23. The lowest BCUT2D eigenvalue weighted by atomic mass is 9.84. The Hall–Kier alpha value is -3.42. The summed E-state index contributed by atoms with van der Waals surface area (Å²) in [5.74, 6) is 1.84. The molecule has 0 atom stereocenters. The van der Waals surface area contributed by atoms with Crippen LogP contribution in [0.15, 0.2) is 39.7 Å². The van der Waals surface area contributed by atoms with Crippen LogP contribution < -0.4 is 10.5 Å². The van der Waals surface area contributed by atoms with Crippen molar-refractivity contribution in [3.05, 3.63) is 30.3 Å². The number of aromatic nitrogens is 3. The summed E-state index contributed by atoms with van der Waals surface area (Å²) in [4.78, 5) is 13.7. The van der Waals surface area contributed by atoms with E-state index in [1.807, 2.05) is 36.5 Å². The van der Waals surface area contributed by atoms with Crippen molar-refractivity contribution in [1.29, 1.82) is 0 Å². The quantitative estimate of drug-likeness (QED) is 0.501. The highest BCUT2D eigenvalue weighted by Gasteiger charge is 2.27. The highest BCUT2D eigenvalue weighted by Crippen LogP contribution is 2.38. The van der Waals surface area contributed by atoms with Crippen LogP contribution in [0.3, 0.4) is 0 Å². The van der Waals surface area contributed by atoms with Gasteiger partial charge < -0.3 is 19.5 Å². The number of nitrogen functional groups attached to an aromatic ring is 1. The Morgan fingerprint density at radius 2 is 2.07 bits per heavy atom. The maximum atomic E-state index is 13.1. The molecular formula is C22H20FN5O2. The molecule has 1 fully saturated rings. The van der Waals surface area contributed by atoms with E-state index in [9.17, 15) is 4.39 Å². The lowest BCUT2D eigenvalue weighted by Crippen LogP contribution is -2.25. The maximum Gasteiger partial charge on any atom is 0.292 e. The van der Waals surface area contributed by atoms with Crippen molar-refractivity contribution in [1.82, 2.24) is 14.5 Å². The second-order valence-corrected chi connectivity index (χ2v) is 7.94. The zero-order chi connectivity index (χ0) is 20.2. The van der Waals surface area contributed by atoms with Gasteiger partial charge in [0, 0.05) is 24.4 Å². The van der Waals surface area contributed by atoms with Gasteiger partial charge in [-0.1, -0.05) is 0 Å². The first-order valence-electron chi connectivity index (χ1n) is 10.2. The summed E-state index contributed by atoms with van der Waals surface area (Å²) in [6.45, 7) is 1.44. The van der Waals surface area contributed by atoms with E-state index in [2.05, 4.69) is 14.5 Å². The molecule has 0 amide bonds. The van der Waals surface area contributed by atoms with Crippen molar-refractivity contribution in [2.24, 2.45) is 10.9 Å². The molecular weight excluding hydrogens is 385 g/mol. The predicted octanol–water partition coefficient (Wildman–Crippen LogP) is 4.66. The van der Waals surface area contributed by atoms with Crippen LogP contribution in [-0.2, 0) is 6.54 Å². The minimum Gasteiger partial charge on any atom is -0.491 e. The second kappa shape index (κ2) is 6.55. The number of halogens is 1. The molecule has 7 nitrogen and oxygen atoms in total. The number of nitrogens with two attached hydrogens (primary N) is 1. The first-order valence-corrected chi connectivity index (χ1v) is 10.2. The molecule has 30 heavy (non-hydrogen) atoms. The van der Waals surface area contributed by atoms with Gasteiger partial charge in [-0.25, -0.2) is 9.37 Å². The molecule has 6 rings (SSSR count). The summed E-state index contributed by atoms with van der Waals surface area (Å²) in [6, 6.07) is 9.82. The zero-order valence-corrected chi connectivity index (χ0v) is 16.2. The van der Waals surface area contributed by atoms with E-state index in [4.69, 9.17) is 19.9 Å². The average molecular weight is 405 g/mol. The molecule has 0 radical (unpaired) electrons. The third-order valence-corrected chi connectivity index (χ3v) is 5.79. The number of nitrogens with zero attached hydrogens (tertiary/aromatic N) is 4. The van der Waals surface area contributed by atoms with Crippen molar-refractivity contribution in [3.8, 4) is 17.1 Å². The molecule has 0 saturated heterocycles. The van der Waals surface area contributed by atoms with Crippen molar-refractivity contribution in [2.75, 3.05) is 12.3 Å². The van der Waals surface area contributed by atoms with E-state index < -0.39 is 6.17 Å². The highest BCUT2D eigenvalue weighted by molar-refractivity contribution is 5.90. The van der Waals surface area contributed by atoms with Crippen LogP contribution in [-0.4, -0.2) is 33.5 Å². The van der Waals surface area contributed by atoms with Crippen LogP contribution in [0, 0.1) is 5.92 Å². The molecule has 0 spiro atoms. The van der Waals surface area contributed by atoms with Crippen LogP contribution >= 0.6 is 0 Å². The van der Waals surface area contributed by atoms with Gasteiger partial charge in [-0.05, 0) is 49.4 Å². The average Bonchev–Trinajstić information content (AvgIpc) is 3.18. The fourth-order valence-electron chi connectivity index (χ4n) is 4.23. The third kappa shape index (κ3) is 2.82. The summed E-state index contributed by atoms with van der Waals surface area (Å²) in [6.07, 6.45) is 3.16. The Kier molecular flexibility index (Phi) is 3.81. The van der Waals surface area contributed by atoms with Gasteiger partial charge >= 0.3 is 0 Å². The van der Waals surface area contributed by atoms with E-state index in [0.717, 1.165) is 46.8 Å². The Bertz CT molecular complexity index is 1300. The molecule has 2 N–H and O–H groups in total. The molecule has 4 aromatic rings. The number of benzene rings is 2. The zero-order valence-electron chi connectivity index (χ0n) is 16.2. The summed E-state index contributed by atoms with van der Waals surface area (Å²) in [5.41, 5.74) is 10.5. The third-order valence-electron chi connectivity index (χ3n) is 5.79. The number of rotatable bonds is 3. The molecule has 1 saturated carbocycles. The van der Waals surface area contributed by atoms with Gasteiger partial charge in [0.2, 0.25) is 0 Å². The molecule has 0 unspecified atom stereocenters. The normalized spacial score (nSPS) is 21.1. The van der Waals surface area contributed by atoms with Gasteiger partial charge in [0.1, 0.15) is 28.8 Å². The largest absolute Gasteiger partial charge is 0.491 e. The number of hydrogen-bond donors (Lipinski definition) is 1. The number of alkyl halides is 1. The Balaban J connectivity index is 1.46. The number of aliphatic imine (C=N–C) groups is 1. The standard InChI is InChI=1S/C22H20FN5O2/c23-14-6-12(7-14)11-25-15-9-17-20-19(10-15)29-5-1-4-28(20)21(26-17)13-2-3-18-16(8-13)27-22(24)30-18/h2-3,8-12,14H,1,4-7H2,(H2,24,27)/b25-11-. The van der Waals surface area contributed by atoms with Crippen molar-refractivity contribution < 1.29 is 13.5 Å². The minimum atomic E-state index is -0.687. The minimum absolute atomic E-state index is 0.150. The topological polar surface area (TPSA) is 91.5 Å². The Morgan fingerprint density at radius 3 is 2.93 bits per heavy atom. The number of aryl methyl sites for hydroxylation is 1. The number of fused-ring (bicyclic) bond motifs is 1. The van der Waals surface area contributed by atoms with Crippen LogP contribution in [0.1, 0.15) is 19.3 Å². The van der Waals surface area contributed by atoms with E-state index in [1.165, 1.54) is 0 Å². The highest BCUT2D eigenvalue weighted by atomic mass is 19.1. The lowest BCUT2D eigenvalue weighted by Gasteiger charge is -2.25. The van der Waals surface area contributed by atoms with Gasteiger partial charge in [-0.2, -0.15) is 4.98 Å². The summed E-state index contributed by atoms with van der Waals surface area (Å²) in [5, 5.41) is 0. The first kappa shape index (κ1) is 17.4. The lowest BCUT2D eigenvalue weighted by molar-refractivity contribution is 0.176. The van der Waals surface area contributed by atoms with Crippen molar-refractivity contribution in [2.45, 2.75) is 32.0 Å². The van der Waals surface area contributed by atoms with E-state index >= 15 is 0 Å². The van der Waals surface area contributed by atoms with Crippen molar-refractivity contribution >= 4 is 40.0 Å². The van der Waals surface area contributed by atoms with E-state index in [0.29, 0.717) is 30.5 Å². The van der Waals surface area contributed by atoms with Crippen LogP contribution in [0.2, 0.25) is 0 Å². The molecule has 152 valence electrons. The van der Waals surface area contributed by atoms with E-state index in [1.54, 1.807) is 0 Å². The second-order valence-electron chi connectivity index (χ2n) is 7.94. The van der Waals surface area contributed by atoms with Gasteiger partial charge in [-0.15, -0.1) is 0 Å². The molecule has 8 heteroatoms. The molecule has 1 aliphatic carbocycles. The van der Waals surface area contributed by atoms with Gasteiger partial charge in [0.15, 0.2) is 5.58 Å². The van der Waals surface area contributed by atoms with Gasteiger partial charge in [-0.3, -0.25) is 4.99 Å². The Labute approximate surface area is 171 Å². The molecule has 2 aromatic heterocycles. The summed E-state index contributed by atoms with van der Waals surface area (Å²) < 4.78 is 26.7. The predicted molar refractivity (Wildman–Crippen MR) is 113 cm³/mol. The van der Waals surface area contributed by atoms with Crippen molar-refractivity contribution in [3.63, 3.8) is 0 Å². The van der Waals surface area contributed by atoms with Crippen LogP contribution in [0.5, 0.6) is 5.75 Å². The number of ether oxygens (including phenoxy) is 1. The van der Waals surface area contributed by atoms with Gasteiger partial charge in [0.25, 0.3) is 6.01 Å². The fraction of sp³-hybridized carbons (Fsp3) is 0.318. The monoisotopic (exact) mass is 405 g/mol. The molecule has 2 aliphatic rings. The van der Waals surface area contributed by atoms with Crippen LogP contribution in [0.25, 0.3) is 33.5 Å². The number of oxazole rings is 1. The number of anilines is 1. The number of hydrogen-bond acceptors (Lipinski definition) is 6. The summed E-state index contributed by atoms with van der Waals surface area (Å²) >= 11 is 0. The smallest absolute Gasteiger partial charge is 0.292 e. The van der Waals surface area contributed by atoms with Gasteiger partial charge in [0.05, 0.1) is 17.8 Å². The Morgan fingerprint density at radius 1 is 1.17 bits per heavy atom. The number of imidazole rings is 1. The summed E-state index contributed by atoms with van der Waals surface area (Å²) in [7, 11) is 0. The molecule has 2 aromatic carbocycles.